The van der Waals surface area contributed by atoms with Crippen molar-refractivity contribution in [3.63, 3.8) is 0 Å². The summed E-state index contributed by atoms with van der Waals surface area (Å²) in [6.45, 7) is 10.2. The molecule has 7 heteroatoms. The molecule has 140 valence electrons. The van der Waals surface area contributed by atoms with E-state index in [1.54, 1.807) is 6.92 Å². The van der Waals surface area contributed by atoms with Crippen LogP contribution in [0.25, 0.3) is 10.9 Å². The highest BCUT2D eigenvalue weighted by Crippen LogP contribution is 2.43. The van der Waals surface area contributed by atoms with E-state index in [4.69, 9.17) is 25.6 Å². The number of halogens is 1. The second-order valence-electron chi connectivity index (χ2n) is 7.67. The van der Waals surface area contributed by atoms with Crippen molar-refractivity contribution in [3.05, 3.63) is 35.0 Å². The van der Waals surface area contributed by atoms with Crippen LogP contribution >= 0.6 is 11.6 Å². The zero-order valence-corrected chi connectivity index (χ0v) is 16.6. The van der Waals surface area contributed by atoms with Crippen molar-refractivity contribution in [2.45, 2.75) is 58.1 Å². The van der Waals surface area contributed by atoms with Gasteiger partial charge in [-0.25, -0.2) is 0 Å². The van der Waals surface area contributed by atoms with Gasteiger partial charge in [-0.15, -0.1) is 0 Å². The first-order valence-electron chi connectivity index (χ1n) is 8.92. The fourth-order valence-corrected chi connectivity index (χ4v) is 3.40. The van der Waals surface area contributed by atoms with Gasteiger partial charge in [0.15, 0.2) is 0 Å². The Bertz CT molecular complexity index is 801. The van der Waals surface area contributed by atoms with E-state index in [0.717, 1.165) is 16.5 Å². The van der Waals surface area contributed by atoms with Crippen LogP contribution < -0.4 is 0 Å². The first-order valence-corrected chi connectivity index (χ1v) is 9.30. The van der Waals surface area contributed by atoms with Crippen molar-refractivity contribution in [2.75, 3.05) is 6.61 Å². The Morgan fingerprint density at radius 3 is 2.54 bits per heavy atom. The second kappa shape index (κ2) is 6.91. The maximum absolute atomic E-state index is 12.3. The summed E-state index contributed by atoms with van der Waals surface area (Å²) in [6, 6.07) is 5.66. The molecule has 0 bridgehead atoms. The molecular formula is C19H25BClNO4. The number of esters is 1. The molecule has 26 heavy (non-hydrogen) atoms. The van der Waals surface area contributed by atoms with Crippen LogP contribution in [0.4, 0.5) is 0 Å². The van der Waals surface area contributed by atoms with E-state index in [9.17, 15) is 4.79 Å². The third-order valence-corrected chi connectivity index (χ3v) is 5.60. The lowest BCUT2D eigenvalue weighted by Gasteiger charge is -2.32. The number of carbonyl (C=O) groups is 1. The Kier molecular flexibility index (Phi) is 5.12. The molecule has 0 spiro atoms. The molecule has 5 nitrogen and oxygen atoms in total. The molecular weight excluding hydrogens is 352 g/mol. The van der Waals surface area contributed by atoms with Gasteiger partial charge in [-0.2, -0.15) is 0 Å². The number of hydrogen-bond donors (Lipinski definition) is 1. The molecule has 2 heterocycles. The van der Waals surface area contributed by atoms with Gasteiger partial charge in [-0.1, -0.05) is 17.7 Å². The molecule has 1 unspecified atom stereocenters. The summed E-state index contributed by atoms with van der Waals surface area (Å²) in [4.78, 5) is 15.5. The van der Waals surface area contributed by atoms with Crippen LogP contribution in [0.15, 0.2) is 24.4 Å². The molecule has 1 N–H and O–H groups in total. The molecule has 1 aliphatic heterocycles. The lowest BCUT2D eigenvalue weighted by Crippen LogP contribution is -2.41. The Hall–Kier alpha value is -1.50. The minimum absolute atomic E-state index is 0.181. The summed E-state index contributed by atoms with van der Waals surface area (Å²) in [7, 11) is -0.543. The number of rotatable bonds is 5. The number of benzene rings is 1. The Labute approximate surface area is 159 Å². The highest BCUT2D eigenvalue weighted by Gasteiger charge is 2.54. The average molecular weight is 378 g/mol. The van der Waals surface area contributed by atoms with Gasteiger partial charge < -0.3 is 19.0 Å². The van der Waals surface area contributed by atoms with E-state index in [2.05, 4.69) is 4.98 Å². The number of H-pyrrole nitrogens is 1. The fraction of sp³-hybridized carbons (Fsp3) is 0.526. The maximum Gasteiger partial charge on any atom is 0.466 e. The van der Waals surface area contributed by atoms with Crippen molar-refractivity contribution in [3.8, 4) is 0 Å². The van der Waals surface area contributed by atoms with Crippen molar-refractivity contribution in [1.29, 1.82) is 0 Å². The smallest absolute Gasteiger partial charge is 0.466 e. The third kappa shape index (κ3) is 3.50. The summed E-state index contributed by atoms with van der Waals surface area (Å²) >= 11 is 6.09. The topological polar surface area (TPSA) is 60.6 Å². The number of nitrogens with one attached hydrogen (secondary N) is 1. The quantitative estimate of drug-likeness (QED) is 0.616. The van der Waals surface area contributed by atoms with Crippen molar-refractivity contribution >= 4 is 35.6 Å². The highest BCUT2D eigenvalue weighted by atomic mass is 35.5. The first kappa shape index (κ1) is 19.3. The molecule has 2 aromatic rings. The van der Waals surface area contributed by atoms with Crippen LogP contribution in [0.2, 0.25) is 5.02 Å². The van der Waals surface area contributed by atoms with Gasteiger partial charge in [0.1, 0.15) is 0 Å². The molecule has 1 aliphatic rings. The summed E-state index contributed by atoms with van der Waals surface area (Å²) in [6.07, 6.45) is 2.08. The van der Waals surface area contributed by atoms with Crippen LogP contribution in [-0.4, -0.2) is 35.9 Å². The Morgan fingerprint density at radius 2 is 1.92 bits per heavy atom. The van der Waals surface area contributed by atoms with Crippen molar-refractivity contribution in [1.82, 2.24) is 4.98 Å². The van der Waals surface area contributed by atoms with Crippen molar-refractivity contribution < 1.29 is 18.8 Å². The van der Waals surface area contributed by atoms with Gasteiger partial charge in [-0.05, 0) is 52.3 Å². The predicted molar refractivity (Wildman–Crippen MR) is 103 cm³/mol. The van der Waals surface area contributed by atoms with Crippen molar-refractivity contribution in [2.24, 2.45) is 0 Å². The van der Waals surface area contributed by atoms with Gasteiger partial charge in [0.25, 0.3) is 0 Å². The van der Waals surface area contributed by atoms with Crippen LogP contribution in [-0.2, 0) is 18.8 Å². The summed E-state index contributed by atoms with van der Waals surface area (Å²) in [5.74, 6) is -0.555. The highest BCUT2D eigenvalue weighted by molar-refractivity contribution is 6.48. The average Bonchev–Trinajstić information content (AvgIpc) is 3.03. The molecule has 1 fully saturated rings. The molecule has 0 aliphatic carbocycles. The van der Waals surface area contributed by atoms with E-state index in [-0.39, 0.29) is 18.2 Å². The zero-order valence-electron chi connectivity index (χ0n) is 15.9. The van der Waals surface area contributed by atoms with Crippen LogP contribution in [0, 0.1) is 0 Å². The Balaban J connectivity index is 1.99. The monoisotopic (exact) mass is 377 g/mol. The van der Waals surface area contributed by atoms with E-state index in [0.29, 0.717) is 11.6 Å². The molecule has 1 aromatic carbocycles. The summed E-state index contributed by atoms with van der Waals surface area (Å²) in [5.41, 5.74) is 0.932. The lowest BCUT2D eigenvalue weighted by atomic mass is 9.66. The third-order valence-electron chi connectivity index (χ3n) is 5.37. The number of ether oxygens (including phenoxy) is 1. The number of aromatic amines is 1. The number of carbonyl (C=O) groups excluding carboxylic acids is 1. The van der Waals surface area contributed by atoms with Gasteiger partial charge in [0.05, 0.1) is 24.2 Å². The largest absolute Gasteiger partial charge is 0.466 e. The van der Waals surface area contributed by atoms with Gasteiger partial charge in [0.2, 0.25) is 0 Å². The first-order chi connectivity index (χ1) is 12.1. The second-order valence-corrected chi connectivity index (χ2v) is 8.11. The normalized spacial score (nSPS) is 19.7. The van der Waals surface area contributed by atoms with Gasteiger partial charge in [0, 0.05) is 27.9 Å². The Morgan fingerprint density at radius 1 is 1.27 bits per heavy atom. The van der Waals surface area contributed by atoms with E-state index in [1.165, 1.54) is 0 Å². The van der Waals surface area contributed by atoms with Crippen LogP contribution in [0.3, 0.4) is 0 Å². The van der Waals surface area contributed by atoms with Gasteiger partial charge >= 0.3 is 13.1 Å². The molecule has 0 saturated carbocycles. The van der Waals surface area contributed by atoms with Crippen LogP contribution in [0.5, 0.6) is 0 Å². The molecule has 1 aromatic heterocycles. The number of hydrogen-bond acceptors (Lipinski definition) is 4. The molecule has 1 atom stereocenters. The fourth-order valence-electron chi connectivity index (χ4n) is 3.23. The maximum atomic E-state index is 12.3. The molecule has 1 saturated heterocycles. The van der Waals surface area contributed by atoms with E-state index in [1.807, 2.05) is 52.1 Å². The number of fused-ring (bicyclic) bond motifs is 1. The summed E-state index contributed by atoms with van der Waals surface area (Å²) < 4.78 is 17.6. The zero-order chi connectivity index (χ0) is 19.1. The SMILES string of the molecule is CCOC(=O)CC(B1OC(C)(C)C(C)(C)O1)c1c[nH]c2cc(Cl)ccc12. The minimum Gasteiger partial charge on any atom is -0.466 e. The predicted octanol–water partition coefficient (Wildman–Crippen LogP) is 4.49. The standard InChI is InChI=1S/C19H25BClNO4/c1-6-24-17(23)10-15(20-25-18(2,3)19(4,5)26-20)14-11-22-16-9-12(21)7-8-13(14)16/h7-9,11,15,22H,6,10H2,1-5H3. The molecule has 3 rings (SSSR count). The van der Waals surface area contributed by atoms with Gasteiger partial charge in [-0.3, -0.25) is 4.79 Å². The number of aromatic nitrogens is 1. The molecule has 0 amide bonds. The van der Waals surface area contributed by atoms with E-state index >= 15 is 0 Å². The minimum atomic E-state index is -0.543. The lowest BCUT2D eigenvalue weighted by molar-refractivity contribution is -0.143. The summed E-state index contributed by atoms with van der Waals surface area (Å²) in [5, 5.41) is 1.65. The molecule has 0 radical (unpaired) electrons. The van der Waals surface area contributed by atoms with E-state index < -0.39 is 18.3 Å². The van der Waals surface area contributed by atoms with Crippen LogP contribution in [0.1, 0.15) is 52.4 Å².